The van der Waals surface area contributed by atoms with Crippen LogP contribution in [0.1, 0.15) is 29.9 Å². The molecule has 0 saturated carbocycles. The zero-order valence-electron chi connectivity index (χ0n) is 21.0. The summed E-state index contributed by atoms with van der Waals surface area (Å²) in [5.41, 5.74) is 2.71. The van der Waals surface area contributed by atoms with Gasteiger partial charge in [0.15, 0.2) is 5.76 Å². The number of oxazole rings is 1. The highest BCUT2D eigenvalue weighted by atomic mass is 32.2. The normalized spacial score (nSPS) is 14.9. The second kappa shape index (κ2) is 11.5. The zero-order chi connectivity index (χ0) is 27.3. The maximum atomic E-state index is 11.6. The fourth-order valence-electron chi connectivity index (χ4n) is 4.31. The molecule has 5 rings (SSSR count). The van der Waals surface area contributed by atoms with E-state index in [-0.39, 0.29) is 24.0 Å². The summed E-state index contributed by atoms with van der Waals surface area (Å²) in [7, 11) is -3.81. The van der Waals surface area contributed by atoms with Crippen molar-refractivity contribution >= 4 is 10.0 Å². The molecular formula is C29H27N3O6S. The minimum Gasteiger partial charge on any atom is -0.429 e. The Balaban J connectivity index is 1.30. The standard InChI is InChI=1S/C29H27N3O6S/c30-39(34,35)25-10-8-23(9-11-25)28-27(22-5-2-1-3-6-22)32-26(38-28)7-4-14-37-20-21-17-24(19-31-18-21)29(33)12-15-36-16-13-29/h1-3,5-6,8-11,17-19,33H,12-16,20H2,(H2,30,34,35). The van der Waals surface area contributed by atoms with Crippen LogP contribution in [0, 0.1) is 11.8 Å². The molecule has 4 aromatic rings. The lowest BCUT2D eigenvalue weighted by atomic mass is 9.87. The first-order valence-corrected chi connectivity index (χ1v) is 13.9. The summed E-state index contributed by atoms with van der Waals surface area (Å²) < 4.78 is 40.3. The Kier molecular flexibility index (Phi) is 7.88. The molecule has 1 saturated heterocycles. The highest BCUT2D eigenvalue weighted by Crippen LogP contribution is 2.33. The van der Waals surface area contributed by atoms with Gasteiger partial charge < -0.3 is 19.0 Å². The van der Waals surface area contributed by atoms with E-state index in [4.69, 9.17) is 19.0 Å². The van der Waals surface area contributed by atoms with Gasteiger partial charge in [0.05, 0.1) is 17.1 Å². The summed E-state index contributed by atoms with van der Waals surface area (Å²) in [5.74, 6) is 6.48. The molecule has 3 N–H and O–H groups in total. The van der Waals surface area contributed by atoms with Crippen molar-refractivity contribution in [3.05, 3.63) is 90.1 Å². The zero-order valence-corrected chi connectivity index (χ0v) is 21.9. The van der Waals surface area contributed by atoms with E-state index in [0.717, 1.165) is 16.7 Å². The van der Waals surface area contributed by atoms with Crippen LogP contribution >= 0.6 is 0 Å². The van der Waals surface area contributed by atoms with Crippen LogP contribution in [-0.4, -0.2) is 43.3 Å². The summed E-state index contributed by atoms with van der Waals surface area (Å²) in [6.45, 7) is 1.44. The van der Waals surface area contributed by atoms with Crippen molar-refractivity contribution in [1.29, 1.82) is 0 Å². The number of ether oxygens (including phenoxy) is 2. The molecule has 0 spiro atoms. The van der Waals surface area contributed by atoms with Gasteiger partial charge in [-0.15, -0.1) is 0 Å². The molecule has 10 heteroatoms. The van der Waals surface area contributed by atoms with Crippen molar-refractivity contribution in [2.24, 2.45) is 5.14 Å². The maximum Gasteiger partial charge on any atom is 0.274 e. The Morgan fingerprint density at radius 2 is 1.77 bits per heavy atom. The fourth-order valence-corrected chi connectivity index (χ4v) is 4.82. The van der Waals surface area contributed by atoms with Crippen LogP contribution in [-0.2, 0) is 31.7 Å². The average Bonchev–Trinajstić information content (AvgIpc) is 3.38. The van der Waals surface area contributed by atoms with Gasteiger partial charge in [-0.1, -0.05) is 36.3 Å². The fraction of sp³-hybridized carbons (Fsp3) is 0.241. The minimum absolute atomic E-state index is 0.00634. The van der Waals surface area contributed by atoms with Gasteiger partial charge in [0.1, 0.15) is 12.3 Å². The molecule has 1 aliphatic rings. The molecule has 0 radical (unpaired) electrons. The third-order valence-electron chi connectivity index (χ3n) is 6.41. The van der Waals surface area contributed by atoms with E-state index in [9.17, 15) is 13.5 Å². The van der Waals surface area contributed by atoms with E-state index in [0.29, 0.717) is 43.1 Å². The molecule has 200 valence electrons. The molecule has 0 amide bonds. The van der Waals surface area contributed by atoms with Crippen LogP contribution in [0.5, 0.6) is 0 Å². The summed E-state index contributed by atoms with van der Waals surface area (Å²) >= 11 is 0. The third-order valence-corrected chi connectivity index (χ3v) is 7.34. The second-order valence-electron chi connectivity index (χ2n) is 9.15. The highest BCUT2D eigenvalue weighted by molar-refractivity contribution is 7.89. The van der Waals surface area contributed by atoms with Crippen LogP contribution in [0.25, 0.3) is 22.6 Å². The lowest BCUT2D eigenvalue weighted by molar-refractivity contribution is -0.0681. The Labute approximate surface area is 226 Å². The van der Waals surface area contributed by atoms with Crippen LogP contribution < -0.4 is 5.14 Å². The number of primary sulfonamides is 1. The topological polar surface area (TPSA) is 138 Å². The van der Waals surface area contributed by atoms with Gasteiger partial charge >= 0.3 is 0 Å². The van der Waals surface area contributed by atoms with Crippen molar-refractivity contribution < 1.29 is 27.4 Å². The van der Waals surface area contributed by atoms with Crippen LogP contribution in [0.3, 0.4) is 0 Å². The van der Waals surface area contributed by atoms with Crippen molar-refractivity contribution in [3.8, 4) is 34.4 Å². The molecule has 1 aliphatic heterocycles. The molecule has 0 aliphatic carbocycles. The largest absolute Gasteiger partial charge is 0.429 e. The van der Waals surface area contributed by atoms with Gasteiger partial charge in [0, 0.05) is 55.1 Å². The van der Waals surface area contributed by atoms with Gasteiger partial charge in [0.2, 0.25) is 10.0 Å². The third kappa shape index (κ3) is 6.42. The first-order chi connectivity index (χ1) is 18.8. The smallest absolute Gasteiger partial charge is 0.274 e. The lowest BCUT2D eigenvalue weighted by Crippen LogP contribution is -2.33. The first kappa shape index (κ1) is 26.7. The predicted molar refractivity (Wildman–Crippen MR) is 143 cm³/mol. The van der Waals surface area contributed by atoms with E-state index >= 15 is 0 Å². The Bertz CT molecular complexity index is 1600. The van der Waals surface area contributed by atoms with Crippen molar-refractivity contribution in [3.63, 3.8) is 0 Å². The van der Waals surface area contributed by atoms with E-state index in [1.54, 1.807) is 24.5 Å². The molecular weight excluding hydrogens is 518 g/mol. The number of nitrogens with two attached hydrogens (primary N) is 1. The summed E-state index contributed by atoms with van der Waals surface area (Å²) in [4.78, 5) is 8.83. The molecule has 9 nitrogen and oxygen atoms in total. The van der Waals surface area contributed by atoms with Gasteiger partial charge in [0.25, 0.3) is 5.89 Å². The Hall–Kier alpha value is -3.85. The molecule has 39 heavy (non-hydrogen) atoms. The van der Waals surface area contributed by atoms with Gasteiger partial charge in [-0.3, -0.25) is 4.98 Å². The molecule has 0 bridgehead atoms. The Morgan fingerprint density at radius 3 is 2.49 bits per heavy atom. The number of benzene rings is 2. The summed E-state index contributed by atoms with van der Waals surface area (Å²) in [6.07, 6.45) is 4.45. The highest BCUT2D eigenvalue weighted by Gasteiger charge is 2.32. The quantitative estimate of drug-likeness (QED) is 0.265. The molecule has 3 heterocycles. The van der Waals surface area contributed by atoms with Crippen LogP contribution in [0.4, 0.5) is 0 Å². The van der Waals surface area contributed by atoms with Crippen LogP contribution in [0.2, 0.25) is 0 Å². The minimum atomic E-state index is -3.81. The SMILES string of the molecule is NS(=O)(=O)c1ccc(-c2oc(C#CCOCc3cncc(C4(O)CCOCC4)c3)nc2-c2ccccc2)cc1. The van der Waals surface area contributed by atoms with E-state index in [1.807, 2.05) is 36.4 Å². The van der Waals surface area contributed by atoms with Gasteiger partial charge in [-0.2, -0.15) is 0 Å². The maximum absolute atomic E-state index is 11.6. The molecule has 0 unspecified atom stereocenters. The number of pyridine rings is 1. The predicted octanol–water partition coefficient (Wildman–Crippen LogP) is 3.62. The summed E-state index contributed by atoms with van der Waals surface area (Å²) in [6, 6.07) is 17.5. The van der Waals surface area contributed by atoms with Crippen molar-refractivity contribution in [1.82, 2.24) is 9.97 Å². The van der Waals surface area contributed by atoms with E-state index < -0.39 is 15.6 Å². The van der Waals surface area contributed by atoms with E-state index in [1.165, 1.54) is 12.1 Å². The molecule has 2 aromatic heterocycles. The average molecular weight is 546 g/mol. The molecule has 2 aromatic carbocycles. The monoisotopic (exact) mass is 545 g/mol. The second-order valence-corrected chi connectivity index (χ2v) is 10.7. The summed E-state index contributed by atoms with van der Waals surface area (Å²) in [5, 5.41) is 16.1. The number of sulfonamides is 1. The van der Waals surface area contributed by atoms with Crippen molar-refractivity contribution in [2.75, 3.05) is 19.8 Å². The number of nitrogens with zero attached hydrogens (tertiary/aromatic N) is 2. The molecule has 0 atom stereocenters. The number of rotatable bonds is 7. The van der Waals surface area contributed by atoms with E-state index in [2.05, 4.69) is 21.8 Å². The number of hydrogen-bond acceptors (Lipinski definition) is 8. The Morgan fingerprint density at radius 1 is 1.03 bits per heavy atom. The molecule has 1 fully saturated rings. The lowest BCUT2D eigenvalue weighted by Gasteiger charge is -2.32. The van der Waals surface area contributed by atoms with Crippen molar-refractivity contribution in [2.45, 2.75) is 29.9 Å². The number of hydrogen-bond donors (Lipinski definition) is 2. The number of aromatic nitrogens is 2. The van der Waals surface area contributed by atoms with Gasteiger partial charge in [-0.05, 0) is 41.8 Å². The van der Waals surface area contributed by atoms with Crippen LogP contribution in [0.15, 0.2) is 82.4 Å². The first-order valence-electron chi connectivity index (χ1n) is 12.3. The van der Waals surface area contributed by atoms with Gasteiger partial charge in [-0.25, -0.2) is 18.5 Å². The number of aliphatic hydroxyl groups is 1.